The summed E-state index contributed by atoms with van der Waals surface area (Å²) in [6.45, 7) is 0. The van der Waals surface area contributed by atoms with Crippen molar-refractivity contribution in [1.82, 2.24) is 0 Å². The molecule has 0 aliphatic rings. The van der Waals surface area contributed by atoms with Gasteiger partial charge in [-0.25, -0.2) is 13.6 Å². The molecule has 0 atom stereocenters. The number of benzene rings is 2. The maximum atomic E-state index is 13.7. The lowest BCUT2D eigenvalue weighted by atomic mass is 10.1. The third kappa shape index (κ3) is 3.43. The van der Waals surface area contributed by atoms with Gasteiger partial charge in [0.05, 0.1) is 11.3 Å². The molecule has 2 N–H and O–H groups in total. The van der Waals surface area contributed by atoms with E-state index < -0.39 is 29.2 Å². The number of amides is 1. The first-order valence-electron chi connectivity index (χ1n) is 5.67. The monoisotopic (exact) mass is 355 g/mol. The number of anilines is 1. The molecule has 0 spiro atoms. The SMILES string of the molecule is O=C(Nc1c(F)cccc1C(=O)O)c1cc(F)cc(Br)c1. The molecule has 0 fully saturated rings. The average molecular weight is 356 g/mol. The van der Waals surface area contributed by atoms with Gasteiger partial charge in [0.2, 0.25) is 0 Å². The van der Waals surface area contributed by atoms with Gasteiger partial charge in [-0.15, -0.1) is 0 Å². The van der Waals surface area contributed by atoms with Crippen LogP contribution in [-0.4, -0.2) is 17.0 Å². The molecule has 108 valence electrons. The predicted octanol–water partition coefficient (Wildman–Crippen LogP) is 3.68. The summed E-state index contributed by atoms with van der Waals surface area (Å²) < 4.78 is 27.3. The average Bonchev–Trinajstić information content (AvgIpc) is 2.39. The number of carboxylic acid groups (broad SMARTS) is 1. The van der Waals surface area contributed by atoms with Crippen LogP contribution in [0.3, 0.4) is 0 Å². The molecule has 2 aromatic carbocycles. The molecular formula is C14H8BrF2NO3. The standard InChI is InChI=1S/C14H8BrF2NO3/c15-8-4-7(5-9(16)6-8)13(19)18-12-10(14(20)21)2-1-3-11(12)17/h1-6H,(H,18,19)(H,20,21). The third-order valence-electron chi connectivity index (χ3n) is 2.61. The first-order valence-corrected chi connectivity index (χ1v) is 6.47. The Labute approximate surface area is 126 Å². The van der Waals surface area contributed by atoms with Crippen molar-refractivity contribution in [2.24, 2.45) is 0 Å². The van der Waals surface area contributed by atoms with E-state index in [2.05, 4.69) is 21.2 Å². The van der Waals surface area contributed by atoms with Crippen molar-refractivity contribution in [3.05, 3.63) is 63.6 Å². The van der Waals surface area contributed by atoms with Gasteiger partial charge in [-0.3, -0.25) is 4.79 Å². The molecule has 0 radical (unpaired) electrons. The summed E-state index contributed by atoms with van der Waals surface area (Å²) in [6, 6.07) is 6.84. The molecule has 1 amide bonds. The van der Waals surface area contributed by atoms with E-state index in [1.807, 2.05) is 0 Å². The number of hydrogen-bond donors (Lipinski definition) is 2. The lowest BCUT2D eigenvalue weighted by Crippen LogP contribution is -2.16. The van der Waals surface area contributed by atoms with Gasteiger partial charge in [-0.05, 0) is 30.3 Å². The Morgan fingerprint density at radius 3 is 2.48 bits per heavy atom. The molecule has 21 heavy (non-hydrogen) atoms. The predicted molar refractivity (Wildman–Crippen MR) is 75.4 cm³/mol. The fourth-order valence-electron chi connectivity index (χ4n) is 1.70. The van der Waals surface area contributed by atoms with Crippen LogP contribution in [0.4, 0.5) is 14.5 Å². The summed E-state index contributed by atoms with van der Waals surface area (Å²) in [6.07, 6.45) is 0. The molecule has 0 aromatic heterocycles. The second-order valence-electron chi connectivity index (χ2n) is 4.08. The second kappa shape index (κ2) is 6.01. The van der Waals surface area contributed by atoms with E-state index in [0.29, 0.717) is 4.47 Å². The van der Waals surface area contributed by atoms with Crippen molar-refractivity contribution >= 4 is 33.5 Å². The van der Waals surface area contributed by atoms with Gasteiger partial charge in [0, 0.05) is 10.0 Å². The molecule has 2 rings (SSSR count). The van der Waals surface area contributed by atoms with E-state index >= 15 is 0 Å². The van der Waals surface area contributed by atoms with Crippen LogP contribution in [0.2, 0.25) is 0 Å². The fraction of sp³-hybridized carbons (Fsp3) is 0. The molecule has 0 heterocycles. The van der Waals surface area contributed by atoms with Gasteiger partial charge in [0.1, 0.15) is 11.6 Å². The summed E-state index contributed by atoms with van der Waals surface area (Å²) in [5, 5.41) is 11.1. The van der Waals surface area contributed by atoms with Crippen molar-refractivity contribution in [2.75, 3.05) is 5.32 Å². The summed E-state index contributed by atoms with van der Waals surface area (Å²) in [4.78, 5) is 23.0. The van der Waals surface area contributed by atoms with Gasteiger partial charge in [-0.2, -0.15) is 0 Å². The van der Waals surface area contributed by atoms with Crippen LogP contribution in [0, 0.1) is 11.6 Å². The quantitative estimate of drug-likeness (QED) is 0.882. The normalized spacial score (nSPS) is 10.2. The molecule has 4 nitrogen and oxygen atoms in total. The van der Waals surface area contributed by atoms with Gasteiger partial charge in [-0.1, -0.05) is 22.0 Å². The van der Waals surface area contributed by atoms with Crippen LogP contribution < -0.4 is 5.32 Å². The summed E-state index contributed by atoms with van der Waals surface area (Å²) in [5.41, 5.74) is -0.921. The molecule has 2 aromatic rings. The summed E-state index contributed by atoms with van der Waals surface area (Å²) in [7, 11) is 0. The number of carbonyl (C=O) groups excluding carboxylic acids is 1. The number of para-hydroxylation sites is 1. The Hall–Kier alpha value is -2.28. The third-order valence-corrected chi connectivity index (χ3v) is 3.07. The van der Waals surface area contributed by atoms with Crippen LogP contribution >= 0.6 is 15.9 Å². The number of carbonyl (C=O) groups is 2. The molecule has 0 aliphatic carbocycles. The number of hydrogen-bond acceptors (Lipinski definition) is 2. The van der Waals surface area contributed by atoms with Crippen molar-refractivity contribution in [3.8, 4) is 0 Å². The Balaban J connectivity index is 2.38. The Morgan fingerprint density at radius 2 is 1.86 bits per heavy atom. The van der Waals surface area contributed by atoms with E-state index in [0.717, 1.165) is 24.3 Å². The first-order chi connectivity index (χ1) is 9.88. The van der Waals surface area contributed by atoms with Gasteiger partial charge >= 0.3 is 5.97 Å². The van der Waals surface area contributed by atoms with Gasteiger partial charge < -0.3 is 10.4 Å². The molecule has 0 unspecified atom stereocenters. The largest absolute Gasteiger partial charge is 0.478 e. The highest BCUT2D eigenvalue weighted by atomic mass is 79.9. The molecule has 0 bridgehead atoms. The number of carboxylic acids is 1. The Bertz CT molecular complexity index is 714. The van der Waals surface area contributed by atoms with Crippen molar-refractivity contribution in [1.29, 1.82) is 0 Å². The number of rotatable bonds is 3. The second-order valence-corrected chi connectivity index (χ2v) is 5.00. The number of halogens is 3. The highest BCUT2D eigenvalue weighted by Gasteiger charge is 2.18. The molecular weight excluding hydrogens is 348 g/mol. The minimum Gasteiger partial charge on any atom is -0.478 e. The van der Waals surface area contributed by atoms with Crippen LogP contribution in [-0.2, 0) is 0 Å². The lowest BCUT2D eigenvalue weighted by Gasteiger charge is -2.10. The highest BCUT2D eigenvalue weighted by molar-refractivity contribution is 9.10. The zero-order chi connectivity index (χ0) is 15.6. The van der Waals surface area contributed by atoms with E-state index in [4.69, 9.17) is 5.11 Å². The van der Waals surface area contributed by atoms with Gasteiger partial charge in [0.25, 0.3) is 5.91 Å². The van der Waals surface area contributed by atoms with E-state index in [9.17, 15) is 18.4 Å². The van der Waals surface area contributed by atoms with Crippen molar-refractivity contribution in [3.63, 3.8) is 0 Å². The maximum Gasteiger partial charge on any atom is 0.337 e. The van der Waals surface area contributed by atoms with E-state index in [-0.39, 0.29) is 11.1 Å². The van der Waals surface area contributed by atoms with Gasteiger partial charge in [0.15, 0.2) is 0 Å². The fourth-order valence-corrected chi connectivity index (χ4v) is 2.17. The van der Waals surface area contributed by atoms with Crippen LogP contribution in [0.15, 0.2) is 40.9 Å². The van der Waals surface area contributed by atoms with E-state index in [1.54, 1.807) is 0 Å². The van der Waals surface area contributed by atoms with Crippen molar-refractivity contribution in [2.45, 2.75) is 0 Å². The van der Waals surface area contributed by atoms with E-state index in [1.165, 1.54) is 12.1 Å². The van der Waals surface area contributed by atoms with Crippen LogP contribution in [0.5, 0.6) is 0 Å². The zero-order valence-corrected chi connectivity index (χ0v) is 11.9. The summed E-state index contributed by atoms with van der Waals surface area (Å²) in [5.74, 6) is -3.74. The summed E-state index contributed by atoms with van der Waals surface area (Å²) >= 11 is 3.03. The molecule has 0 saturated carbocycles. The Morgan fingerprint density at radius 1 is 1.14 bits per heavy atom. The van der Waals surface area contributed by atoms with Crippen LogP contribution in [0.1, 0.15) is 20.7 Å². The maximum absolute atomic E-state index is 13.7. The van der Waals surface area contributed by atoms with Crippen molar-refractivity contribution < 1.29 is 23.5 Å². The minimum absolute atomic E-state index is 0.0681. The highest BCUT2D eigenvalue weighted by Crippen LogP contribution is 2.22. The number of aromatic carboxylic acids is 1. The lowest BCUT2D eigenvalue weighted by molar-refractivity contribution is 0.0697. The molecule has 0 saturated heterocycles. The topological polar surface area (TPSA) is 66.4 Å². The smallest absolute Gasteiger partial charge is 0.337 e. The Kier molecular flexibility index (Phi) is 4.32. The molecule has 7 heteroatoms. The molecule has 0 aliphatic heterocycles. The van der Waals surface area contributed by atoms with Crippen LogP contribution in [0.25, 0.3) is 0 Å². The minimum atomic E-state index is -1.38. The zero-order valence-electron chi connectivity index (χ0n) is 10.4. The number of nitrogens with one attached hydrogen (secondary N) is 1. The first kappa shape index (κ1) is 15.1.